The van der Waals surface area contributed by atoms with Crippen LogP contribution in [-0.4, -0.2) is 66.8 Å². The average Bonchev–Trinajstić information content (AvgIpc) is 3.22. The van der Waals surface area contributed by atoms with Gasteiger partial charge in [0.25, 0.3) is 0 Å². The first kappa shape index (κ1) is 23.2. The van der Waals surface area contributed by atoms with E-state index in [1.54, 1.807) is 5.57 Å². The van der Waals surface area contributed by atoms with Gasteiger partial charge in [0.05, 0.1) is 6.67 Å². The van der Waals surface area contributed by atoms with Gasteiger partial charge in [0.1, 0.15) is 0 Å². The van der Waals surface area contributed by atoms with Crippen molar-refractivity contribution in [2.45, 2.75) is 64.5 Å². The molecule has 2 aliphatic carbocycles. The van der Waals surface area contributed by atoms with Crippen LogP contribution in [0, 0.1) is 0 Å². The quantitative estimate of drug-likeness (QED) is 0.756. The number of nitrogens with zero attached hydrogens (tertiary/aromatic N) is 3. The van der Waals surface area contributed by atoms with Gasteiger partial charge in [-0.2, -0.15) is 0 Å². The third-order valence-corrected chi connectivity index (χ3v) is 7.12. The van der Waals surface area contributed by atoms with E-state index in [2.05, 4.69) is 63.6 Å². The standard InChI is InChI=1S/C18H30N4.C9H11N/c1-14(2)21-8-9-22(13-21)18-7-5-4-6-15-11-20-16(12-19-3)10-17(15)18;1-2-6-9-8(4-1)5-3-7-10-9/h4,6-7,14,16,19-20H,5,8-13H2,1-3H3;3,5,7H,1-2,4,6H2. The van der Waals surface area contributed by atoms with Crippen LogP contribution in [0.25, 0.3) is 0 Å². The molecule has 1 unspecified atom stereocenters. The van der Waals surface area contributed by atoms with Gasteiger partial charge >= 0.3 is 0 Å². The van der Waals surface area contributed by atoms with E-state index in [0.717, 1.165) is 39.1 Å². The van der Waals surface area contributed by atoms with Gasteiger partial charge in [-0.3, -0.25) is 9.88 Å². The van der Waals surface area contributed by atoms with E-state index in [9.17, 15) is 0 Å². The molecule has 1 aromatic rings. The molecule has 174 valence electrons. The molecule has 32 heavy (non-hydrogen) atoms. The van der Waals surface area contributed by atoms with Crippen molar-refractivity contribution in [3.05, 3.63) is 64.7 Å². The summed E-state index contributed by atoms with van der Waals surface area (Å²) in [6.45, 7) is 10.0. The average molecular weight is 436 g/mol. The highest BCUT2D eigenvalue weighted by molar-refractivity contribution is 5.45. The molecular weight excluding hydrogens is 394 g/mol. The summed E-state index contributed by atoms with van der Waals surface area (Å²) >= 11 is 0. The molecule has 0 saturated carbocycles. The number of hydrogen-bond donors (Lipinski definition) is 2. The monoisotopic (exact) mass is 435 g/mol. The molecule has 5 heteroatoms. The van der Waals surface area contributed by atoms with Gasteiger partial charge in [-0.15, -0.1) is 0 Å². The van der Waals surface area contributed by atoms with Gasteiger partial charge < -0.3 is 15.5 Å². The van der Waals surface area contributed by atoms with Crippen molar-refractivity contribution in [3.8, 4) is 0 Å². The molecule has 1 saturated heterocycles. The van der Waals surface area contributed by atoms with Gasteiger partial charge in [0.15, 0.2) is 0 Å². The summed E-state index contributed by atoms with van der Waals surface area (Å²) in [6.07, 6.45) is 16.2. The number of nitrogens with one attached hydrogen (secondary N) is 2. The fourth-order valence-electron chi connectivity index (χ4n) is 5.22. The summed E-state index contributed by atoms with van der Waals surface area (Å²) in [5, 5.41) is 6.97. The third-order valence-electron chi connectivity index (χ3n) is 7.12. The Balaban J connectivity index is 0.000000203. The van der Waals surface area contributed by atoms with Crippen molar-refractivity contribution in [1.29, 1.82) is 0 Å². The SMILES string of the molecule is CNCC1CC2=C(C=CCC=C2N2CCN(C(C)C)C2)CN1.c1cnc2c(c1)CCCC2. The topological polar surface area (TPSA) is 43.4 Å². The summed E-state index contributed by atoms with van der Waals surface area (Å²) in [5.41, 5.74) is 7.34. The van der Waals surface area contributed by atoms with E-state index in [1.165, 1.54) is 54.8 Å². The Labute approximate surface area is 194 Å². The highest BCUT2D eigenvalue weighted by Crippen LogP contribution is 2.31. The number of likely N-dealkylation sites (N-methyl/N-ethyl adjacent to an activating group) is 1. The van der Waals surface area contributed by atoms with E-state index < -0.39 is 0 Å². The Bertz CT molecular complexity index is 828. The van der Waals surface area contributed by atoms with Crippen molar-refractivity contribution < 1.29 is 0 Å². The molecule has 2 N–H and O–H groups in total. The van der Waals surface area contributed by atoms with Gasteiger partial charge in [0.2, 0.25) is 0 Å². The Morgan fingerprint density at radius 1 is 1.22 bits per heavy atom. The number of rotatable bonds is 4. The molecule has 3 heterocycles. The molecule has 4 aliphatic rings. The lowest BCUT2D eigenvalue weighted by molar-refractivity contribution is 0.234. The number of aromatic nitrogens is 1. The zero-order valence-corrected chi connectivity index (χ0v) is 20.2. The van der Waals surface area contributed by atoms with E-state index >= 15 is 0 Å². The highest BCUT2D eigenvalue weighted by Gasteiger charge is 2.29. The normalized spacial score (nSPS) is 23.3. The number of fused-ring (bicyclic) bond motifs is 1. The Hall–Kier alpha value is -1.95. The zero-order valence-electron chi connectivity index (χ0n) is 20.2. The Morgan fingerprint density at radius 3 is 2.88 bits per heavy atom. The number of allylic oxidation sites excluding steroid dienone is 3. The van der Waals surface area contributed by atoms with Crippen molar-refractivity contribution >= 4 is 0 Å². The van der Waals surface area contributed by atoms with Crippen molar-refractivity contribution in [1.82, 2.24) is 25.4 Å². The molecule has 0 spiro atoms. The fraction of sp³-hybridized carbons (Fsp3) is 0.593. The minimum Gasteiger partial charge on any atom is -0.357 e. The largest absolute Gasteiger partial charge is 0.357 e. The smallest absolute Gasteiger partial charge is 0.0710 e. The lowest BCUT2D eigenvalue weighted by atomic mass is 9.93. The zero-order chi connectivity index (χ0) is 22.3. The van der Waals surface area contributed by atoms with E-state index in [1.807, 2.05) is 19.3 Å². The maximum atomic E-state index is 4.32. The first-order chi connectivity index (χ1) is 15.7. The summed E-state index contributed by atoms with van der Waals surface area (Å²) < 4.78 is 0. The first-order valence-corrected chi connectivity index (χ1v) is 12.5. The highest BCUT2D eigenvalue weighted by atomic mass is 15.4. The van der Waals surface area contributed by atoms with E-state index in [0.29, 0.717) is 12.1 Å². The molecule has 0 aromatic carbocycles. The van der Waals surface area contributed by atoms with Crippen LogP contribution in [0.4, 0.5) is 0 Å². The Kier molecular flexibility index (Phi) is 8.17. The predicted octanol–water partition coefficient (Wildman–Crippen LogP) is 3.65. The van der Waals surface area contributed by atoms with Crippen LogP contribution in [-0.2, 0) is 12.8 Å². The number of aryl methyl sites for hydroxylation is 2. The first-order valence-electron chi connectivity index (χ1n) is 12.5. The van der Waals surface area contributed by atoms with Crippen molar-refractivity contribution in [2.75, 3.05) is 39.9 Å². The summed E-state index contributed by atoms with van der Waals surface area (Å²) in [7, 11) is 2.04. The molecular formula is C27H41N5. The third kappa shape index (κ3) is 5.69. The van der Waals surface area contributed by atoms with Crippen LogP contribution in [0.3, 0.4) is 0 Å². The van der Waals surface area contributed by atoms with Crippen LogP contribution < -0.4 is 10.6 Å². The Morgan fingerprint density at radius 2 is 2.09 bits per heavy atom. The van der Waals surface area contributed by atoms with Gasteiger partial charge in [-0.1, -0.05) is 24.3 Å². The van der Waals surface area contributed by atoms with Crippen LogP contribution in [0.2, 0.25) is 0 Å². The fourth-order valence-corrected chi connectivity index (χ4v) is 5.22. The minimum absolute atomic E-state index is 0.544. The second-order valence-corrected chi connectivity index (χ2v) is 9.70. The van der Waals surface area contributed by atoms with Crippen LogP contribution in [0.1, 0.15) is 50.8 Å². The molecule has 0 amide bonds. The van der Waals surface area contributed by atoms with Crippen molar-refractivity contribution in [3.63, 3.8) is 0 Å². The lowest BCUT2D eigenvalue weighted by Crippen LogP contribution is -2.43. The molecule has 0 bridgehead atoms. The molecule has 5 rings (SSSR count). The molecule has 2 aliphatic heterocycles. The summed E-state index contributed by atoms with van der Waals surface area (Å²) in [5.74, 6) is 0. The van der Waals surface area contributed by atoms with Crippen LogP contribution in [0.5, 0.6) is 0 Å². The molecule has 5 nitrogen and oxygen atoms in total. The second kappa shape index (κ2) is 11.3. The van der Waals surface area contributed by atoms with Crippen molar-refractivity contribution in [2.24, 2.45) is 0 Å². The second-order valence-electron chi connectivity index (χ2n) is 9.70. The van der Waals surface area contributed by atoms with Gasteiger partial charge in [-0.05, 0) is 82.2 Å². The molecule has 0 radical (unpaired) electrons. The predicted molar refractivity (Wildman–Crippen MR) is 133 cm³/mol. The summed E-state index contributed by atoms with van der Waals surface area (Å²) in [4.78, 5) is 9.47. The minimum atomic E-state index is 0.544. The van der Waals surface area contributed by atoms with Crippen LogP contribution >= 0.6 is 0 Å². The number of hydrogen-bond acceptors (Lipinski definition) is 5. The van der Waals surface area contributed by atoms with Gasteiger partial charge in [0, 0.05) is 55.9 Å². The molecule has 1 fully saturated rings. The summed E-state index contributed by atoms with van der Waals surface area (Å²) in [6, 6.07) is 5.40. The van der Waals surface area contributed by atoms with E-state index in [4.69, 9.17) is 0 Å². The van der Waals surface area contributed by atoms with Gasteiger partial charge in [-0.25, -0.2) is 0 Å². The molecule has 1 atom stereocenters. The lowest BCUT2D eigenvalue weighted by Gasteiger charge is -2.32. The molecule has 1 aromatic heterocycles. The van der Waals surface area contributed by atoms with E-state index in [-0.39, 0.29) is 0 Å². The van der Waals surface area contributed by atoms with Crippen LogP contribution in [0.15, 0.2) is 53.4 Å². The maximum Gasteiger partial charge on any atom is 0.0710 e. The number of pyridine rings is 1. The maximum absolute atomic E-state index is 4.32.